The summed E-state index contributed by atoms with van der Waals surface area (Å²) in [5.41, 5.74) is 6.03. The molecule has 0 aliphatic heterocycles. The van der Waals surface area contributed by atoms with Crippen LogP contribution in [0.2, 0.25) is 0 Å². The number of rotatable bonds is 9. The maximum absolute atomic E-state index is 13.1. The zero-order valence-corrected chi connectivity index (χ0v) is 20.2. The van der Waals surface area contributed by atoms with Crippen molar-refractivity contribution in [1.82, 2.24) is 19.7 Å². The van der Waals surface area contributed by atoms with Gasteiger partial charge in [0, 0.05) is 43.7 Å². The van der Waals surface area contributed by atoms with Crippen LogP contribution >= 0.6 is 0 Å². The van der Waals surface area contributed by atoms with Gasteiger partial charge >= 0.3 is 0 Å². The van der Waals surface area contributed by atoms with E-state index in [9.17, 15) is 4.79 Å². The smallest absolute Gasteiger partial charge is 0.221 e. The van der Waals surface area contributed by atoms with Gasteiger partial charge in [-0.15, -0.1) is 0 Å². The molecule has 0 saturated heterocycles. The molecular formula is C30H28N4O2. The number of benzene rings is 2. The van der Waals surface area contributed by atoms with Gasteiger partial charge in [-0.2, -0.15) is 0 Å². The van der Waals surface area contributed by atoms with Crippen molar-refractivity contribution in [1.29, 1.82) is 0 Å². The Morgan fingerprint density at radius 3 is 2.53 bits per heavy atom. The summed E-state index contributed by atoms with van der Waals surface area (Å²) in [6, 6.07) is 26.0. The average molecular weight is 477 g/mol. The molecule has 5 aromatic rings. The number of carbonyl (C=O) groups is 1. The second-order valence-corrected chi connectivity index (χ2v) is 8.77. The highest BCUT2D eigenvalue weighted by Gasteiger charge is 2.24. The number of fused-ring (bicyclic) bond motifs is 1. The third-order valence-corrected chi connectivity index (χ3v) is 6.32. The zero-order valence-electron chi connectivity index (χ0n) is 20.2. The van der Waals surface area contributed by atoms with E-state index in [-0.39, 0.29) is 11.8 Å². The van der Waals surface area contributed by atoms with Crippen LogP contribution in [0.1, 0.15) is 40.3 Å². The Balaban J connectivity index is 1.43. The van der Waals surface area contributed by atoms with Gasteiger partial charge in [0.15, 0.2) is 11.4 Å². The lowest BCUT2D eigenvalue weighted by Crippen LogP contribution is -2.25. The standard InChI is InChI=1S/C30H28N4O2/c1-22-8-5-6-11-25(22)26(18-29(35)32-19-23-13-15-31-16-14-23)27-20-33-30-28(12-7-17-34(27)30)36-21-24-9-3-2-4-10-24/h2-17,20,26H,18-19,21H2,1H3,(H,32,35). The first kappa shape index (κ1) is 23.3. The van der Waals surface area contributed by atoms with E-state index in [2.05, 4.69) is 29.4 Å². The van der Waals surface area contributed by atoms with E-state index in [1.165, 1.54) is 0 Å². The molecule has 1 N–H and O–H groups in total. The number of aromatic nitrogens is 3. The molecule has 1 amide bonds. The van der Waals surface area contributed by atoms with Crippen LogP contribution in [0, 0.1) is 6.92 Å². The molecule has 3 aromatic heterocycles. The summed E-state index contributed by atoms with van der Waals surface area (Å²) < 4.78 is 8.16. The van der Waals surface area contributed by atoms with Crippen molar-refractivity contribution >= 4 is 11.6 Å². The Morgan fingerprint density at radius 2 is 1.72 bits per heavy atom. The minimum Gasteiger partial charge on any atom is -0.485 e. The monoisotopic (exact) mass is 476 g/mol. The predicted molar refractivity (Wildman–Crippen MR) is 140 cm³/mol. The van der Waals surface area contributed by atoms with Crippen LogP contribution in [0.3, 0.4) is 0 Å². The lowest BCUT2D eigenvalue weighted by molar-refractivity contribution is -0.121. The second kappa shape index (κ2) is 10.9. The van der Waals surface area contributed by atoms with Crippen molar-refractivity contribution in [3.63, 3.8) is 0 Å². The highest BCUT2D eigenvalue weighted by atomic mass is 16.5. The highest BCUT2D eigenvalue weighted by Crippen LogP contribution is 2.32. The van der Waals surface area contributed by atoms with Crippen molar-refractivity contribution in [2.45, 2.75) is 32.4 Å². The van der Waals surface area contributed by atoms with Crippen molar-refractivity contribution < 1.29 is 9.53 Å². The number of pyridine rings is 2. The van der Waals surface area contributed by atoms with Crippen molar-refractivity contribution in [3.8, 4) is 5.75 Å². The summed E-state index contributed by atoms with van der Waals surface area (Å²) in [7, 11) is 0. The molecule has 1 unspecified atom stereocenters. The quantitative estimate of drug-likeness (QED) is 0.307. The predicted octanol–water partition coefficient (Wildman–Crippen LogP) is 5.46. The van der Waals surface area contributed by atoms with E-state index in [0.29, 0.717) is 25.3 Å². The third kappa shape index (κ3) is 5.28. The molecule has 2 aromatic carbocycles. The Morgan fingerprint density at radius 1 is 0.944 bits per heavy atom. The number of aryl methyl sites for hydroxylation is 1. The Labute approximate surface area is 210 Å². The maximum Gasteiger partial charge on any atom is 0.221 e. The summed E-state index contributed by atoms with van der Waals surface area (Å²) in [5, 5.41) is 3.06. The summed E-state index contributed by atoms with van der Waals surface area (Å²) >= 11 is 0. The molecule has 0 aliphatic carbocycles. The van der Waals surface area contributed by atoms with Gasteiger partial charge in [-0.05, 0) is 53.4 Å². The molecule has 0 radical (unpaired) electrons. The molecule has 5 rings (SSSR count). The molecule has 6 nitrogen and oxygen atoms in total. The van der Waals surface area contributed by atoms with Gasteiger partial charge < -0.3 is 14.5 Å². The largest absolute Gasteiger partial charge is 0.485 e. The van der Waals surface area contributed by atoms with Gasteiger partial charge in [-0.1, -0.05) is 54.6 Å². The first-order valence-corrected chi connectivity index (χ1v) is 12.0. The van der Waals surface area contributed by atoms with Gasteiger partial charge in [0.05, 0.1) is 5.69 Å². The van der Waals surface area contributed by atoms with Crippen LogP contribution in [0.4, 0.5) is 0 Å². The van der Waals surface area contributed by atoms with Crippen molar-refractivity contribution in [3.05, 3.63) is 132 Å². The van der Waals surface area contributed by atoms with Crippen LogP contribution in [0.25, 0.3) is 5.65 Å². The number of nitrogens with zero attached hydrogens (tertiary/aromatic N) is 3. The van der Waals surface area contributed by atoms with Crippen molar-refractivity contribution in [2.24, 2.45) is 0 Å². The normalized spacial score (nSPS) is 11.8. The van der Waals surface area contributed by atoms with Crippen LogP contribution in [-0.4, -0.2) is 20.3 Å². The van der Waals surface area contributed by atoms with Gasteiger partial charge in [-0.25, -0.2) is 4.98 Å². The number of hydrogen-bond acceptors (Lipinski definition) is 4. The lowest BCUT2D eigenvalue weighted by atomic mass is 9.89. The first-order valence-electron chi connectivity index (χ1n) is 12.0. The molecule has 0 aliphatic rings. The number of ether oxygens (including phenoxy) is 1. The van der Waals surface area contributed by atoms with Gasteiger partial charge in [0.2, 0.25) is 5.91 Å². The molecule has 0 saturated carbocycles. The zero-order chi connectivity index (χ0) is 24.7. The fourth-order valence-electron chi connectivity index (χ4n) is 4.42. The van der Waals surface area contributed by atoms with E-state index in [0.717, 1.165) is 33.6 Å². The lowest BCUT2D eigenvalue weighted by Gasteiger charge is -2.19. The van der Waals surface area contributed by atoms with Gasteiger partial charge in [0.1, 0.15) is 6.61 Å². The minimum absolute atomic E-state index is 0.0218. The van der Waals surface area contributed by atoms with E-state index in [1.807, 2.05) is 83.5 Å². The second-order valence-electron chi connectivity index (χ2n) is 8.77. The van der Waals surface area contributed by atoms with Crippen LogP contribution < -0.4 is 10.1 Å². The number of carbonyl (C=O) groups excluding carboxylic acids is 1. The fourth-order valence-corrected chi connectivity index (χ4v) is 4.42. The van der Waals surface area contributed by atoms with Crippen LogP contribution in [0.15, 0.2) is 104 Å². The van der Waals surface area contributed by atoms with Crippen LogP contribution in [0.5, 0.6) is 5.75 Å². The van der Waals surface area contributed by atoms with E-state index >= 15 is 0 Å². The van der Waals surface area contributed by atoms with Crippen LogP contribution in [-0.2, 0) is 17.9 Å². The van der Waals surface area contributed by atoms with Crippen molar-refractivity contribution in [2.75, 3.05) is 0 Å². The van der Waals surface area contributed by atoms with E-state index < -0.39 is 0 Å². The summed E-state index contributed by atoms with van der Waals surface area (Å²) in [5.74, 6) is 0.521. The Hall–Kier alpha value is -4.45. The molecule has 36 heavy (non-hydrogen) atoms. The fraction of sp³-hybridized carbons (Fsp3) is 0.167. The van der Waals surface area contributed by atoms with Gasteiger partial charge in [-0.3, -0.25) is 9.78 Å². The van der Waals surface area contributed by atoms with E-state index in [4.69, 9.17) is 9.72 Å². The Bertz CT molecular complexity index is 1450. The van der Waals surface area contributed by atoms with Gasteiger partial charge in [0.25, 0.3) is 0 Å². The summed E-state index contributed by atoms with van der Waals surface area (Å²) in [4.78, 5) is 21.8. The average Bonchev–Trinajstić information content (AvgIpc) is 3.36. The number of amides is 1. The topological polar surface area (TPSA) is 68.5 Å². The molecule has 180 valence electrons. The summed E-state index contributed by atoms with van der Waals surface area (Å²) in [6.45, 7) is 3.00. The number of imidazole rings is 1. The molecule has 0 bridgehead atoms. The third-order valence-electron chi connectivity index (χ3n) is 6.32. The molecule has 0 spiro atoms. The molecule has 0 fully saturated rings. The Kier molecular flexibility index (Phi) is 7.03. The maximum atomic E-state index is 13.1. The highest BCUT2D eigenvalue weighted by molar-refractivity contribution is 5.77. The summed E-state index contributed by atoms with van der Waals surface area (Å²) in [6.07, 6.45) is 7.60. The number of hydrogen-bond donors (Lipinski definition) is 1. The molecule has 6 heteroatoms. The molecule has 3 heterocycles. The molecular weight excluding hydrogens is 448 g/mol. The minimum atomic E-state index is -0.164. The van der Waals surface area contributed by atoms with E-state index in [1.54, 1.807) is 12.4 Å². The first-order chi connectivity index (χ1) is 17.7. The SMILES string of the molecule is Cc1ccccc1C(CC(=O)NCc1ccncc1)c1cnc2c(OCc3ccccc3)cccn12. The molecule has 1 atom stereocenters. The number of nitrogens with one attached hydrogen (secondary N) is 1.